The van der Waals surface area contributed by atoms with E-state index < -0.39 is 15.8 Å². The summed E-state index contributed by atoms with van der Waals surface area (Å²) in [6.45, 7) is -0.213. The summed E-state index contributed by atoms with van der Waals surface area (Å²) < 4.78 is 38.3. The number of rotatable bonds is 6. The second-order valence-corrected chi connectivity index (χ2v) is 7.60. The normalized spacial score (nSPS) is 11.2. The zero-order valence-electron chi connectivity index (χ0n) is 14.6. The molecule has 0 N–H and O–H groups in total. The molecular weight excluding hydrogens is 372 g/mol. The Balaban J connectivity index is 1.67. The van der Waals surface area contributed by atoms with Crippen LogP contribution in [-0.2, 0) is 21.2 Å². The first-order chi connectivity index (χ1) is 12.9. The Labute approximate surface area is 155 Å². The van der Waals surface area contributed by atoms with Gasteiger partial charge in [-0.05, 0) is 36.4 Å². The Hall–Kier alpha value is -3.20. The van der Waals surface area contributed by atoms with E-state index in [4.69, 9.17) is 14.0 Å². The fourth-order valence-electron chi connectivity index (χ4n) is 2.30. The van der Waals surface area contributed by atoms with Gasteiger partial charge in [-0.25, -0.2) is 13.2 Å². The van der Waals surface area contributed by atoms with Crippen LogP contribution in [-0.4, -0.2) is 37.9 Å². The van der Waals surface area contributed by atoms with Gasteiger partial charge in [0.25, 0.3) is 5.89 Å². The number of hydrogen-bond donors (Lipinski definition) is 0. The highest BCUT2D eigenvalue weighted by Crippen LogP contribution is 2.27. The van der Waals surface area contributed by atoms with E-state index in [1.807, 2.05) is 12.1 Å². The maximum absolute atomic E-state index is 12.1. The number of aromatic nitrogens is 2. The molecule has 3 aromatic rings. The SMILES string of the molecule is COc1ccccc1-c1noc(COC(=O)c2ccc(S(C)(=O)=O)cc2)n1. The van der Waals surface area contributed by atoms with Crippen molar-refractivity contribution in [2.24, 2.45) is 0 Å². The van der Waals surface area contributed by atoms with Crippen molar-refractivity contribution in [3.05, 3.63) is 60.0 Å². The van der Waals surface area contributed by atoms with Gasteiger partial charge in [0.05, 0.1) is 23.1 Å². The van der Waals surface area contributed by atoms with E-state index >= 15 is 0 Å². The molecule has 0 amide bonds. The lowest BCUT2D eigenvalue weighted by Crippen LogP contribution is -2.06. The summed E-state index contributed by atoms with van der Waals surface area (Å²) in [4.78, 5) is 16.4. The van der Waals surface area contributed by atoms with Gasteiger partial charge in [0.2, 0.25) is 5.82 Å². The summed E-state index contributed by atoms with van der Waals surface area (Å²) >= 11 is 0. The van der Waals surface area contributed by atoms with Crippen molar-refractivity contribution in [3.8, 4) is 17.1 Å². The first-order valence-electron chi connectivity index (χ1n) is 7.81. The minimum atomic E-state index is -3.33. The van der Waals surface area contributed by atoms with Crippen LogP contribution in [0.2, 0.25) is 0 Å². The zero-order valence-corrected chi connectivity index (χ0v) is 15.4. The molecular formula is C18H16N2O6S. The van der Waals surface area contributed by atoms with Gasteiger partial charge >= 0.3 is 5.97 Å². The molecule has 0 aliphatic rings. The lowest BCUT2D eigenvalue weighted by atomic mass is 10.2. The number of esters is 1. The van der Waals surface area contributed by atoms with Crippen molar-refractivity contribution in [1.82, 2.24) is 10.1 Å². The second-order valence-electron chi connectivity index (χ2n) is 5.58. The van der Waals surface area contributed by atoms with E-state index in [2.05, 4.69) is 10.1 Å². The van der Waals surface area contributed by atoms with Crippen LogP contribution >= 0.6 is 0 Å². The molecule has 0 spiro atoms. The average Bonchev–Trinajstić information content (AvgIpc) is 3.14. The minimum absolute atomic E-state index is 0.122. The molecule has 0 radical (unpaired) electrons. The number of ether oxygens (including phenoxy) is 2. The van der Waals surface area contributed by atoms with E-state index in [0.717, 1.165) is 6.26 Å². The highest BCUT2D eigenvalue weighted by atomic mass is 32.2. The standard InChI is InChI=1S/C18H16N2O6S/c1-24-15-6-4-3-5-14(15)17-19-16(26-20-17)11-25-18(21)12-7-9-13(10-8-12)27(2,22)23/h3-10H,11H2,1-2H3. The van der Waals surface area contributed by atoms with E-state index in [1.165, 1.54) is 31.4 Å². The first kappa shape index (κ1) is 18.6. The number of sulfone groups is 1. The molecule has 0 aliphatic heterocycles. The number of benzene rings is 2. The molecule has 140 valence electrons. The number of carbonyl (C=O) groups is 1. The molecule has 1 heterocycles. The smallest absolute Gasteiger partial charge is 0.338 e. The summed E-state index contributed by atoms with van der Waals surface area (Å²) in [6, 6.07) is 12.6. The highest BCUT2D eigenvalue weighted by molar-refractivity contribution is 7.90. The Morgan fingerprint density at radius 1 is 1.11 bits per heavy atom. The average molecular weight is 388 g/mol. The first-order valence-corrected chi connectivity index (χ1v) is 9.71. The summed E-state index contributed by atoms with van der Waals surface area (Å²) in [5, 5.41) is 3.86. The van der Waals surface area contributed by atoms with Gasteiger partial charge in [-0.1, -0.05) is 17.3 Å². The number of nitrogens with zero attached hydrogens (tertiary/aromatic N) is 2. The molecule has 1 aromatic heterocycles. The van der Waals surface area contributed by atoms with Crippen molar-refractivity contribution >= 4 is 15.8 Å². The molecule has 9 heteroatoms. The molecule has 8 nitrogen and oxygen atoms in total. The Morgan fingerprint density at radius 2 is 1.81 bits per heavy atom. The number of methoxy groups -OCH3 is 1. The molecule has 27 heavy (non-hydrogen) atoms. The summed E-state index contributed by atoms with van der Waals surface area (Å²) in [6.07, 6.45) is 1.09. The van der Waals surface area contributed by atoms with E-state index in [9.17, 15) is 13.2 Å². The fourth-order valence-corrected chi connectivity index (χ4v) is 2.93. The maximum atomic E-state index is 12.1. The third-order valence-corrected chi connectivity index (χ3v) is 4.79. The maximum Gasteiger partial charge on any atom is 0.338 e. The largest absolute Gasteiger partial charge is 0.496 e. The number of carbonyl (C=O) groups excluding carboxylic acids is 1. The van der Waals surface area contributed by atoms with Gasteiger partial charge in [0.1, 0.15) is 5.75 Å². The van der Waals surface area contributed by atoms with Gasteiger partial charge in [0, 0.05) is 6.26 Å². The number of hydrogen-bond acceptors (Lipinski definition) is 8. The van der Waals surface area contributed by atoms with Crippen LogP contribution in [0.1, 0.15) is 16.2 Å². The van der Waals surface area contributed by atoms with E-state index in [0.29, 0.717) is 17.1 Å². The van der Waals surface area contributed by atoms with Crippen LogP contribution in [0.25, 0.3) is 11.4 Å². The topological polar surface area (TPSA) is 109 Å². The molecule has 0 aliphatic carbocycles. The predicted molar refractivity (Wildman–Crippen MR) is 95.0 cm³/mol. The lowest BCUT2D eigenvalue weighted by Gasteiger charge is -2.03. The summed E-state index contributed by atoms with van der Waals surface area (Å²) in [5.41, 5.74) is 0.865. The van der Waals surface area contributed by atoms with Gasteiger partial charge in [-0.3, -0.25) is 0 Å². The van der Waals surface area contributed by atoms with Crippen LogP contribution in [0.4, 0.5) is 0 Å². The summed E-state index contributed by atoms with van der Waals surface area (Å²) in [7, 11) is -1.79. The quantitative estimate of drug-likeness (QED) is 0.593. The molecule has 0 saturated heterocycles. The molecule has 0 bridgehead atoms. The van der Waals surface area contributed by atoms with Gasteiger partial charge < -0.3 is 14.0 Å². The monoisotopic (exact) mass is 388 g/mol. The minimum Gasteiger partial charge on any atom is -0.496 e. The third kappa shape index (κ3) is 4.32. The molecule has 2 aromatic carbocycles. The molecule has 0 saturated carbocycles. The molecule has 0 atom stereocenters. The Bertz CT molecular complexity index is 1060. The van der Waals surface area contributed by atoms with Crippen LogP contribution in [0.3, 0.4) is 0 Å². The van der Waals surface area contributed by atoms with Crippen LogP contribution < -0.4 is 4.74 Å². The molecule has 3 rings (SSSR count). The van der Waals surface area contributed by atoms with E-state index in [-0.39, 0.29) is 23.0 Å². The van der Waals surface area contributed by atoms with E-state index in [1.54, 1.807) is 12.1 Å². The van der Waals surface area contributed by atoms with Gasteiger partial charge in [-0.15, -0.1) is 0 Å². The third-order valence-electron chi connectivity index (χ3n) is 3.66. The van der Waals surface area contributed by atoms with Crippen molar-refractivity contribution < 1.29 is 27.2 Å². The zero-order chi connectivity index (χ0) is 19.4. The Kier molecular flexibility index (Phi) is 5.22. The van der Waals surface area contributed by atoms with Gasteiger partial charge in [0.15, 0.2) is 16.4 Å². The molecule has 0 fully saturated rings. The van der Waals surface area contributed by atoms with Crippen molar-refractivity contribution in [2.45, 2.75) is 11.5 Å². The summed E-state index contributed by atoms with van der Waals surface area (Å²) in [5.74, 6) is 0.396. The molecule has 0 unspecified atom stereocenters. The Morgan fingerprint density at radius 3 is 2.48 bits per heavy atom. The fraction of sp³-hybridized carbons (Fsp3) is 0.167. The van der Waals surface area contributed by atoms with Crippen LogP contribution in [0.5, 0.6) is 5.75 Å². The van der Waals surface area contributed by atoms with Gasteiger partial charge in [-0.2, -0.15) is 4.98 Å². The second kappa shape index (κ2) is 7.58. The number of para-hydroxylation sites is 1. The lowest BCUT2D eigenvalue weighted by molar-refractivity contribution is 0.0429. The van der Waals surface area contributed by atoms with Crippen LogP contribution in [0, 0.1) is 0 Å². The van der Waals surface area contributed by atoms with Crippen LogP contribution in [0.15, 0.2) is 57.9 Å². The van der Waals surface area contributed by atoms with Crippen molar-refractivity contribution in [3.63, 3.8) is 0 Å². The predicted octanol–water partition coefficient (Wildman–Crippen LogP) is 2.51. The van der Waals surface area contributed by atoms with Crippen molar-refractivity contribution in [1.29, 1.82) is 0 Å². The van der Waals surface area contributed by atoms with Crippen molar-refractivity contribution in [2.75, 3.05) is 13.4 Å². The highest BCUT2D eigenvalue weighted by Gasteiger charge is 2.15.